The number of anilines is 1. The second-order valence-electron chi connectivity index (χ2n) is 7.50. The third-order valence-electron chi connectivity index (χ3n) is 5.45. The molecule has 1 heterocycles. The third kappa shape index (κ3) is 7.16. The number of ether oxygens (including phenoxy) is 3. The summed E-state index contributed by atoms with van der Waals surface area (Å²) in [5, 5.41) is 6.94. The number of methoxy groups -OCH3 is 3. The Bertz CT molecular complexity index is 828. The van der Waals surface area contributed by atoms with Crippen LogP contribution in [0.3, 0.4) is 0 Å². The number of hydrogen-bond donors (Lipinski definition) is 2. The van der Waals surface area contributed by atoms with Gasteiger partial charge in [-0.25, -0.2) is 0 Å². The zero-order chi connectivity index (χ0) is 22.1. The highest BCUT2D eigenvalue weighted by Gasteiger charge is 2.24. The van der Waals surface area contributed by atoms with Crippen molar-refractivity contribution in [1.29, 1.82) is 0 Å². The quantitative estimate of drug-likeness (QED) is 0.279. The summed E-state index contributed by atoms with van der Waals surface area (Å²) in [5.74, 6) is 2.41. The van der Waals surface area contributed by atoms with E-state index in [1.165, 1.54) is 0 Å². The molecule has 2 aromatic carbocycles. The summed E-state index contributed by atoms with van der Waals surface area (Å²) in [6, 6.07) is 16.5. The number of hydrogen-bond acceptors (Lipinski definition) is 5. The van der Waals surface area contributed by atoms with Gasteiger partial charge in [0.2, 0.25) is 0 Å². The molecule has 0 radical (unpaired) electrons. The van der Waals surface area contributed by atoms with Crippen molar-refractivity contribution in [2.45, 2.75) is 25.5 Å². The number of halogens is 1. The summed E-state index contributed by atoms with van der Waals surface area (Å²) < 4.78 is 16.5. The Morgan fingerprint density at radius 1 is 1.09 bits per heavy atom. The van der Waals surface area contributed by atoms with Gasteiger partial charge in [-0.05, 0) is 18.9 Å². The third-order valence-corrected chi connectivity index (χ3v) is 5.45. The summed E-state index contributed by atoms with van der Waals surface area (Å²) in [5.41, 5.74) is 2.23. The van der Waals surface area contributed by atoms with Gasteiger partial charge in [-0.2, -0.15) is 0 Å². The molecule has 2 atom stereocenters. The molecule has 0 aromatic heterocycles. The minimum Gasteiger partial charge on any atom is -0.497 e. The Kier molecular flexibility index (Phi) is 10.9. The van der Waals surface area contributed by atoms with Crippen molar-refractivity contribution in [3.8, 4) is 11.5 Å². The van der Waals surface area contributed by atoms with E-state index in [0.29, 0.717) is 12.6 Å². The van der Waals surface area contributed by atoms with Crippen molar-refractivity contribution in [3.05, 3.63) is 54.1 Å². The van der Waals surface area contributed by atoms with Crippen LogP contribution in [0.2, 0.25) is 0 Å². The van der Waals surface area contributed by atoms with Crippen molar-refractivity contribution >= 4 is 35.6 Å². The van der Waals surface area contributed by atoms with Crippen molar-refractivity contribution < 1.29 is 14.2 Å². The first kappa shape index (κ1) is 26.1. The lowest BCUT2D eigenvalue weighted by atomic mass is 10.1. The van der Waals surface area contributed by atoms with Crippen molar-refractivity contribution in [1.82, 2.24) is 10.6 Å². The van der Waals surface area contributed by atoms with E-state index >= 15 is 0 Å². The Morgan fingerprint density at radius 2 is 1.78 bits per heavy atom. The predicted octanol–water partition coefficient (Wildman–Crippen LogP) is 3.84. The molecule has 7 nitrogen and oxygen atoms in total. The maximum absolute atomic E-state index is 5.66. The normalized spacial score (nSPS) is 16.8. The molecule has 1 aliphatic heterocycles. The number of guanidine groups is 1. The number of aliphatic imine (C=N–C) groups is 1. The van der Waals surface area contributed by atoms with Crippen LogP contribution in [0.4, 0.5) is 5.69 Å². The van der Waals surface area contributed by atoms with Gasteiger partial charge in [0.15, 0.2) is 5.96 Å². The molecule has 3 rings (SSSR count). The minimum atomic E-state index is -0.0685. The first-order valence-electron chi connectivity index (χ1n) is 10.8. The maximum Gasteiger partial charge on any atom is 0.191 e. The van der Waals surface area contributed by atoms with E-state index in [2.05, 4.69) is 34.6 Å². The van der Waals surface area contributed by atoms with E-state index in [0.717, 1.165) is 54.8 Å². The monoisotopic (exact) mass is 554 g/mol. The minimum absolute atomic E-state index is 0. The first-order chi connectivity index (χ1) is 15.2. The smallest absolute Gasteiger partial charge is 0.191 e. The van der Waals surface area contributed by atoms with Gasteiger partial charge in [0.25, 0.3) is 0 Å². The molecule has 2 unspecified atom stereocenters. The molecule has 1 fully saturated rings. The van der Waals surface area contributed by atoms with Crippen LogP contribution < -0.4 is 25.0 Å². The summed E-state index contributed by atoms with van der Waals surface area (Å²) in [6.45, 7) is 5.27. The van der Waals surface area contributed by atoms with Gasteiger partial charge in [-0.15, -0.1) is 24.0 Å². The van der Waals surface area contributed by atoms with E-state index in [9.17, 15) is 0 Å². The van der Waals surface area contributed by atoms with E-state index in [4.69, 9.17) is 19.2 Å². The Hall–Kier alpha value is -2.20. The van der Waals surface area contributed by atoms with Gasteiger partial charge in [0, 0.05) is 56.7 Å². The SMILES string of the molecule is CCNC(=NCC(OC)c1ccccc1)NC1CCN(c2cc(OC)cc(OC)c2)C1.I. The molecule has 1 saturated heterocycles. The predicted molar refractivity (Wildman–Crippen MR) is 141 cm³/mol. The van der Waals surface area contributed by atoms with Crippen LogP contribution in [-0.2, 0) is 4.74 Å². The lowest BCUT2D eigenvalue weighted by molar-refractivity contribution is 0.111. The largest absolute Gasteiger partial charge is 0.497 e. The highest BCUT2D eigenvalue weighted by molar-refractivity contribution is 14.0. The molecule has 0 spiro atoms. The van der Waals surface area contributed by atoms with Gasteiger partial charge in [0.1, 0.15) is 17.6 Å². The standard InChI is InChI=1S/C24H34N4O3.HI/c1-5-25-24(26-16-23(31-4)18-9-7-6-8-10-18)27-19-11-12-28(17-19)20-13-21(29-2)15-22(14-20)30-3;/h6-10,13-15,19,23H,5,11-12,16-17H2,1-4H3,(H2,25,26,27);1H. The fourth-order valence-electron chi connectivity index (χ4n) is 3.76. The number of nitrogens with one attached hydrogen (secondary N) is 2. The van der Waals surface area contributed by atoms with Crippen molar-refractivity contribution in [2.24, 2.45) is 4.99 Å². The van der Waals surface area contributed by atoms with E-state index < -0.39 is 0 Å². The molecule has 2 aromatic rings. The van der Waals surface area contributed by atoms with Crippen LogP contribution in [-0.4, -0.2) is 59.5 Å². The summed E-state index contributed by atoms with van der Waals surface area (Å²) >= 11 is 0. The lowest BCUT2D eigenvalue weighted by Crippen LogP contribution is -2.44. The Labute approximate surface area is 208 Å². The van der Waals surface area contributed by atoms with E-state index in [1.54, 1.807) is 21.3 Å². The van der Waals surface area contributed by atoms with Gasteiger partial charge in [-0.1, -0.05) is 30.3 Å². The summed E-state index contributed by atoms with van der Waals surface area (Å²) in [4.78, 5) is 7.13. The van der Waals surface area contributed by atoms with Gasteiger partial charge >= 0.3 is 0 Å². The van der Waals surface area contributed by atoms with Crippen LogP contribution in [0.1, 0.15) is 25.0 Å². The van der Waals surface area contributed by atoms with Gasteiger partial charge in [-0.3, -0.25) is 4.99 Å². The van der Waals surface area contributed by atoms with Gasteiger partial charge < -0.3 is 29.7 Å². The van der Waals surface area contributed by atoms with Crippen LogP contribution in [0, 0.1) is 0 Å². The van der Waals surface area contributed by atoms with E-state index in [-0.39, 0.29) is 30.1 Å². The second kappa shape index (κ2) is 13.4. The molecule has 0 amide bonds. The fraction of sp³-hybridized carbons (Fsp3) is 0.458. The lowest BCUT2D eigenvalue weighted by Gasteiger charge is -2.22. The number of rotatable bonds is 9. The second-order valence-corrected chi connectivity index (χ2v) is 7.50. The van der Waals surface area contributed by atoms with Crippen LogP contribution in [0.15, 0.2) is 53.5 Å². The molecule has 8 heteroatoms. The van der Waals surface area contributed by atoms with Crippen LogP contribution in [0.25, 0.3) is 0 Å². The maximum atomic E-state index is 5.66. The average Bonchev–Trinajstić information content (AvgIpc) is 3.28. The summed E-state index contributed by atoms with van der Waals surface area (Å²) in [6.07, 6.45) is 0.956. The first-order valence-corrected chi connectivity index (χ1v) is 10.8. The molecular weight excluding hydrogens is 519 g/mol. The molecular formula is C24H35IN4O3. The average molecular weight is 554 g/mol. The molecule has 0 aliphatic carbocycles. The molecule has 176 valence electrons. The fourth-order valence-corrected chi connectivity index (χ4v) is 3.76. The van der Waals surface area contributed by atoms with E-state index in [1.807, 2.05) is 36.4 Å². The zero-order valence-electron chi connectivity index (χ0n) is 19.3. The molecule has 1 aliphatic rings. The van der Waals surface area contributed by atoms with Crippen LogP contribution >= 0.6 is 24.0 Å². The highest BCUT2D eigenvalue weighted by atomic mass is 127. The molecule has 0 saturated carbocycles. The zero-order valence-corrected chi connectivity index (χ0v) is 21.7. The molecule has 0 bridgehead atoms. The van der Waals surface area contributed by atoms with Crippen LogP contribution in [0.5, 0.6) is 11.5 Å². The van der Waals surface area contributed by atoms with Gasteiger partial charge in [0.05, 0.1) is 20.8 Å². The van der Waals surface area contributed by atoms with Crippen molar-refractivity contribution in [2.75, 3.05) is 52.4 Å². The Balaban J connectivity index is 0.00000363. The Morgan fingerprint density at radius 3 is 2.38 bits per heavy atom. The molecule has 32 heavy (non-hydrogen) atoms. The topological polar surface area (TPSA) is 67.4 Å². The molecule has 2 N–H and O–H groups in total. The summed E-state index contributed by atoms with van der Waals surface area (Å²) in [7, 11) is 5.08. The number of nitrogens with zero attached hydrogens (tertiary/aromatic N) is 2. The highest BCUT2D eigenvalue weighted by Crippen LogP contribution is 2.30. The van der Waals surface area contributed by atoms with Crippen molar-refractivity contribution in [3.63, 3.8) is 0 Å². The number of benzene rings is 2.